The van der Waals surface area contributed by atoms with Crippen LogP contribution in [0.3, 0.4) is 0 Å². The van der Waals surface area contributed by atoms with Gasteiger partial charge in [0.15, 0.2) is 0 Å². The number of carbonyl (C=O) groups excluding carboxylic acids is 3. The fourth-order valence-corrected chi connectivity index (χ4v) is 0. The SMILES string of the molecule is O=C([O-])C(F)(F)F.O=C([O-])C(F)(F)F.O=C([O-])C(F)(F)F.[Cr]. The van der Waals surface area contributed by atoms with Crippen molar-refractivity contribution in [3.05, 3.63) is 0 Å². The average molecular weight is 391 g/mol. The number of aliphatic carboxylic acids is 3. The predicted molar refractivity (Wildman–Crippen MR) is 33.2 cm³/mol. The van der Waals surface area contributed by atoms with Gasteiger partial charge in [-0.3, -0.25) is 0 Å². The van der Waals surface area contributed by atoms with E-state index in [2.05, 4.69) is 0 Å². The zero-order valence-electron chi connectivity index (χ0n) is 9.26. The molecule has 132 valence electrons. The Hall–Kier alpha value is -1.69. The Balaban J connectivity index is -0.000000108. The summed E-state index contributed by atoms with van der Waals surface area (Å²) in [5.41, 5.74) is 0. The van der Waals surface area contributed by atoms with Gasteiger partial charge in [0, 0.05) is 17.4 Å². The molecule has 0 heterocycles. The van der Waals surface area contributed by atoms with Crippen LogP contribution < -0.4 is 15.3 Å². The molecule has 0 aromatic heterocycles. The van der Waals surface area contributed by atoms with Gasteiger partial charge in [0.05, 0.1) is 0 Å². The molecule has 0 aliphatic rings. The first-order valence-electron chi connectivity index (χ1n) is 3.68. The summed E-state index contributed by atoms with van der Waals surface area (Å²) in [6.45, 7) is 0. The van der Waals surface area contributed by atoms with Crippen LogP contribution in [-0.4, -0.2) is 36.4 Å². The summed E-state index contributed by atoms with van der Waals surface area (Å²) >= 11 is 0. The third-order valence-electron chi connectivity index (χ3n) is 0.694. The van der Waals surface area contributed by atoms with Crippen LogP contribution in [0, 0.1) is 0 Å². The molecule has 6 nitrogen and oxygen atoms in total. The number of halogens is 9. The maximum atomic E-state index is 10.5. The molecule has 0 aliphatic heterocycles. The molecule has 0 N–H and O–H groups in total. The Kier molecular flexibility index (Phi) is 13.1. The van der Waals surface area contributed by atoms with Gasteiger partial charge in [-0.2, -0.15) is 39.5 Å². The van der Waals surface area contributed by atoms with Gasteiger partial charge in [0.2, 0.25) is 0 Å². The summed E-state index contributed by atoms with van der Waals surface area (Å²) in [5.74, 6) is -9.02. The van der Waals surface area contributed by atoms with Gasteiger partial charge < -0.3 is 29.7 Å². The number of carboxylic acids is 3. The maximum Gasteiger partial charge on any atom is 0.430 e. The monoisotopic (exact) mass is 391 g/mol. The largest absolute Gasteiger partial charge is 0.542 e. The number of hydrogen-bond donors (Lipinski definition) is 0. The molecule has 22 heavy (non-hydrogen) atoms. The van der Waals surface area contributed by atoms with Gasteiger partial charge in [-0.15, -0.1) is 0 Å². The summed E-state index contributed by atoms with van der Waals surface area (Å²) in [7, 11) is 0. The maximum absolute atomic E-state index is 10.5. The third kappa shape index (κ3) is 20.6. The van der Waals surface area contributed by atoms with Crippen LogP contribution >= 0.6 is 0 Å². The van der Waals surface area contributed by atoms with E-state index in [9.17, 15) is 39.5 Å². The Morgan fingerprint density at radius 1 is 0.500 bits per heavy atom. The van der Waals surface area contributed by atoms with Gasteiger partial charge in [0.25, 0.3) is 0 Å². The number of carboxylic acid groups (broad SMARTS) is 3. The Morgan fingerprint density at radius 2 is 0.545 bits per heavy atom. The minimum Gasteiger partial charge on any atom is -0.542 e. The van der Waals surface area contributed by atoms with Crippen LogP contribution in [0.25, 0.3) is 0 Å². The van der Waals surface area contributed by atoms with E-state index in [0.717, 1.165) is 0 Å². The first-order chi connectivity index (χ1) is 8.83. The number of rotatable bonds is 0. The smallest absolute Gasteiger partial charge is 0.430 e. The molecule has 0 aromatic carbocycles. The predicted octanol–water partition coefficient (Wildman–Crippen LogP) is -2.11. The van der Waals surface area contributed by atoms with Crippen molar-refractivity contribution >= 4 is 17.9 Å². The van der Waals surface area contributed by atoms with Gasteiger partial charge in [-0.25, -0.2) is 0 Å². The van der Waals surface area contributed by atoms with Crippen molar-refractivity contribution in [1.29, 1.82) is 0 Å². The molecule has 0 unspecified atom stereocenters. The number of alkyl halides is 9. The van der Waals surface area contributed by atoms with E-state index in [-0.39, 0.29) is 17.4 Å². The van der Waals surface area contributed by atoms with Gasteiger partial charge in [0.1, 0.15) is 17.9 Å². The average Bonchev–Trinajstić information content (AvgIpc) is 2.14. The van der Waals surface area contributed by atoms with Crippen LogP contribution in [-0.2, 0) is 31.7 Å². The molecule has 0 aliphatic carbocycles. The molecule has 0 spiro atoms. The van der Waals surface area contributed by atoms with Crippen molar-refractivity contribution in [1.82, 2.24) is 0 Å². The van der Waals surface area contributed by atoms with Crippen molar-refractivity contribution < 1.29 is 86.6 Å². The van der Waals surface area contributed by atoms with Crippen molar-refractivity contribution in [2.45, 2.75) is 18.5 Å². The van der Waals surface area contributed by atoms with E-state index in [0.29, 0.717) is 0 Å². The Bertz CT molecular complexity index is 313. The summed E-state index contributed by atoms with van der Waals surface area (Å²) in [6, 6.07) is 0. The van der Waals surface area contributed by atoms with E-state index in [1.165, 1.54) is 0 Å². The summed E-state index contributed by atoms with van der Waals surface area (Å²) in [6.07, 6.45) is -15.6. The van der Waals surface area contributed by atoms with E-state index >= 15 is 0 Å². The second kappa shape index (κ2) is 10.1. The zero-order valence-corrected chi connectivity index (χ0v) is 10.5. The molecule has 0 rings (SSSR count). The fraction of sp³-hybridized carbons (Fsp3) is 0.500. The van der Waals surface area contributed by atoms with E-state index in [1.807, 2.05) is 0 Å². The normalized spacial score (nSPS) is 10.8. The van der Waals surface area contributed by atoms with Crippen LogP contribution in [0.15, 0.2) is 0 Å². The van der Waals surface area contributed by atoms with Crippen molar-refractivity contribution in [3.63, 3.8) is 0 Å². The molecule has 0 radical (unpaired) electrons. The van der Waals surface area contributed by atoms with E-state index < -0.39 is 36.4 Å². The first kappa shape index (κ1) is 28.5. The standard InChI is InChI=1S/3C2HF3O2.Cr/c3*3-2(4,5)1(6)7;/h3*(H,6,7);/p-3. The molecular formula is C6CrF9O6-3. The van der Waals surface area contributed by atoms with Crippen LogP contribution in [0.2, 0.25) is 0 Å². The second-order valence-electron chi connectivity index (χ2n) is 2.36. The summed E-state index contributed by atoms with van der Waals surface area (Å²) in [5, 5.41) is 26.4. The summed E-state index contributed by atoms with van der Waals surface area (Å²) < 4.78 is 94.6. The molecule has 0 fully saturated rings. The van der Waals surface area contributed by atoms with Gasteiger partial charge in [-0.1, -0.05) is 0 Å². The van der Waals surface area contributed by atoms with E-state index in [1.54, 1.807) is 0 Å². The first-order valence-corrected chi connectivity index (χ1v) is 3.68. The number of hydrogen-bond acceptors (Lipinski definition) is 6. The zero-order chi connectivity index (χ0) is 18.2. The molecule has 0 aromatic rings. The van der Waals surface area contributed by atoms with Crippen LogP contribution in [0.4, 0.5) is 39.5 Å². The topological polar surface area (TPSA) is 120 Å². The van der Waals surface area contributed by atoms with Crippen molar-refractivity contribution in [2.75, 3.05) is 0 Å². The molecule has 0 saturated carbocycles. The molecular weight excluding hydrogens is 391 g/mol. The molecule has 0 atom stereocenters. The van der Waals surface area contributed by atoms with Crippen LogP contribution in [0.1, 0.15) is 0 Å². The van der Waals surface area contributed by atoms with Crippen molar-refractivity contribution in [3.8, 4) is 0 Å². The molecule has 0 bridgehead atoms. The second-order valence-corrected chi connectivity index (χ2v) is 2.36. The quantitative estimate of drug-likeness (QED) is 0.436. The van der Waals surface area contributed by atoms with Crippen molar-refractivity contribution in [2.24, 2.45) is 0 Å². The minimum absolute atomic E-state index is 0. The molecule has 0 saturated heterocycles. The Labute approximate surface area is 124 Å². The minimum atomic E-state index is -5.19. The molecule has 16 heteroatoms. The van der Waals surface area contributed by atoms with Gasteiger partial charge in [-0.05, 0) is 0 Å². The van der Waals surface area contributed by atoms with E-state index in [4.69, 9.17) is 29.7 Å². The molecule has 0 amide bonds. The van der Waals surface area contributed by atoms with Crippen LogP contribution in [0.5, 0.6) is 0 Å². The number of carbonyl (C=O) groups is 3. The van der Waals surface area contributed by atoms with Gasteiger partial charge >= 0.3 is 18.5 Å². The summed E-state index contributed by atoms with van der Waals surface area (Å²) in [4.78, 5) is 26.4. The fourth-order valence-electron chi connectivity index (χ4n) is 0. The third-order valence-corrected chi connectivity index (χ3v) is 0.694. The Morgan fingerprint density at radius 3 is 0.545 bits per heavy atom.